The number of ether oxygens (including phenoxy) is 2. The molecule has 0 amide bonds. The van der Waals surface area contributed by atoms with E-state index in [2.05, 4.69) is 61.7 Å². The second-order valence-corrected chi connectivity index (χ2v) is 13.8. The maximum atomic E-state index is 6.43. The van der Waals surface area contributed by atoms with Gasteiger partial charge in [-0.2, -0.15) is 0 Å². The normalized spacial score (nSPS) is 31.7. The molecule has 43 heavy (non-hydrogen) atoms. The van der Waals surface area contributed by atoms with E-state index in [-0.39, 0.29) is 5.41 Å². The molecular formula is C41H38O2. The fourth-order valence-corrected chi connectivity index (χ4v) is 10.9. The van der Waals surface area contributed by atoms with Gasteiger partial charge in [-0.15, -0.1) is 13.2 Å². The molecule has 1 spiro atoms. The van der Waals surface area contributed by atoms with Gasteiger partial charge < -0.3 is 9.47 Å². The molecular weight excluding hydrogens is 524 g/mol. The summed E-state index contributed by atoms with van der Waals surface area (Å²) in [7, 11) is 0. The molecule has 0 heterocycles. The molecule has 0 radical (unpaired) electrons. The monoisotopic (exact) mass is 562 g/mol. The molecule has 2 bridgehead atoms. The van der Waals surface area contributed by atoms with Crippen molar-refractivity contribution in [2.45, 2.75) is 31.1 Å². The number of fused-ring (bicyclic) bond motifs is 13. The lowest BCUT2D eigenvalue weighted by Gasteiger charge is -2.37. The van der Waals surface area contributed by atoms with Gasteiger partial charge in [0, 0.05) is 5.41 Å². The first kappa shape index (κ1) is 25.5. The van der Waals surface area contributed by atoms with Gasteiger partial charge in [-0.05, 0) is 144 Å². The summed E-state index contributed by atoms with van der Waals surface area (Å²) < 4.78 is 12.9. The summed E-state index contributed by atoms with van der Waals surface area (Å²) in [6.45, 7) is 8.59. The molecule has 5 aliphatic carbocycles. The molecule has 0 N–H and O–H groups in total. The molecule has 2 nitrogen and oxygen atoms in total. The van der Waals surface area contributed by atoms with Crippen LogP contribution in [0.4, 0.5) is 0 Å². The minimum atomic E-state index is -0.0188. The maximum absolute atomic E-state index is 6.43. The third-order valence-electron chi connectivity index (χ3n) is 12.2. The summed E-state index contributed by atoms with van der Waals surface area (Å²) in [6.07, 6.45) is 9.65. The van der Waals surface area contributed by atoms with Gasteiger partial charge >= 0.3 is 0 Å². The molecule has 4 saturated carbocycles. The number of rotatable bonds is 6. The second kappa shape index (κ2) is 9.48. The van der Waals surface area contributed by atoms with Crippen LogP contribution in [0.5, 0.6) is 23.0 Å². The Morgan fingerprint density at radius 1 is 0.535 bits per heavy atom. The molecule has 4 fully saturated rings. The molecule has 2 heteroatoms. The van der Waals surface area contributed by atoms with Gasteiger partial charge in [0.15, 0.2) is 0 Å². The maximum Gasteiger partial charge on any atom is 0.127 e. The summed E-state index contributed by atoms with van der Waals surface area (Å²) in [6, 6.07) is 34.0. The highest BCUT2D eigenvalue weighted by Gasteiger charge is 2.68. The Balaban J connectivity index is 1.15. The van der Waals surface area contributed by atoms with E-state index in [1.807, 2.05) is 60.7 Å². The highest BCUT2D eigenvalue weighted by molar-refractivity contribution is 5.83. The van der Waals surface area contributed by atoms with Gasteiger partial charge in [-0.25, -0.2) is 0 Å². The number of hydrogen-bond acceptors (Lipinski definition) is 2. The highest BCUT2D eigenvalue weighted by Crippen LogP contribution is 2.74. The number of para-hydroxylation sites is 2. The van der Waals surface area contributed by atoms with Crippen LogP contribution >= 0.6 is 0 Å². The van der Waals surface area contributed by atoms with Crippen LogP contribution in [0.3, 0.4) is 0 Å². The Morgan fingerprint density at radius 3 is 1.44 bits per heavy atom. The highest BCUT2D eigenvalue weighted by atomic mass is 16.5. The Morgan fingerprint density at radius 2 is 1.00 bits per heavy atom. The molecule has 5 aliphatic rings. The van der Waals surface area contributed by atoms with Crippen molar-refractivity contribution in [2.75, 3.05) is 0 Å². The number of hydrogen-bond donors (Lipinski definition) is 0. The van der Waals surface area contributed by atoms with Crippen molar-refractivity contribution in [3.05, 3.63) is 133 Å². The minimum absolute atomic E-state index is 0.0188. The Hall–Kier alpha value is -4.04. The summed E-state index contributed by atoms with van der Waals surface area (Å²) in [5, 5.41) is 0. The van der Waals surface area contributed by atoms with Crippen LogP contribution in [0.25, 0.3) is 11.1 Å². The third-order valence-corrected chi connectivity index (χ3v) is 12.2. The Kier molecular flexibility index (Phi) is 5.61. The predicted octanol–water partition coefficient (Wildman–Crippen LogP) is 10.5. The molecule has 4 aromatic carbocycles. The molecule has 0 aromatic heterocycles. The second-order valence-electron chi connectivity index (χ2n) is 13.8. The fourth-order valence-electron chi connectivity index (χ4n) is 10.9. The molecule has 214 valence electrons. The zero-order valence-electron chi connectivity index (χ0n) is 24.6. The summed E-state index contributed by atoms with van der Waals surface area (Å²) in [4.78, 5) is 0. The lowest BCUT2D eigenvalue weighted by molar-refractivity contribution is 0.113. The van der Waals surface area contributed by atoms with E-state index in [4.69, 9.17) is 9.47 Å². The van der Waals surface area contributed by atoms with Gasteiger partial charge in [0.25, 0.3) is 0 Å². The molecule has 8 atom stereocenters. The summed E-state index contributed by atoms with van der Waals surface area (Å²) in [5.41, 5.74) is 5.61. The smallest absolute Gasteiger partial charge is 0.127 e. The number of allylic oxidation sites excluding steroid dienone is 2. The lowest BCUT2D eigenvalue weighted by Crippen LogP contribution is -2.33. The first-order valence-corrected chi connectivity index (χ1v) is 16.2. The van der Waals surface area contributed by atoms with Crippen LogP contribution in [0.15, 0.2) is 122 Å². The van der Waals surface area contributed by atoms with Crippen molar-refractivity contribution in [3.8, 4) is 34.1 Å². The van der Waals surface area contributed by atoms with Gasteiger partial charge in [0.1, 0.15) is 23.0 Å². The zero-order valence-corrected chi connectivity index (χ0v) is 24.6. The average Bonchev–Trinajstić information content (AvgIpc) is 3.83. The molecule has 8 unspecified atom stereocenters. The van der Waals surface area contributed by atoms with E-state index in [0.29, 0.717) is 11.8 Å². The molecule has 4 aromatic rings. The van der Waals surface area contributed by atoms with E-state index in [9.17, 15) is 0 Å². The molecule has 0 aliphatic heterocycles. The van der Waals surface area contributed by atoms with E-state index < -0.39 is 0 Å². The zero-order chi connectivity index (χ0) is 28.7. The van der Waals surface area contributed by atoms with E-state index in [0.717, 1.165) is 58.5 Å². The number of benzene rings is 4. The van der Waals surface area contributed by atoms with Crippen molar-refractivity contribution in [1.82, 2.24) is 0 Å². The molecule has 9 rings (SSSR count). The SMILES string of the molecule is C=CC1CC(C=C)C2C3CC(C4CC5(CC43)c3cc(Oc4ccccc4)ccc3-c3ccc(Oc4ccccc4)cc35)C12. The van der Waals surface area contributed by atoms with Crippen molar-refractivity contribution >= 4 is 0 Å². The van der Waals surface area contributed by atoms with Gasteiger partial charge in [0.2, 0.25) is 0 Å². The van der Waals surface area contributed by atoms with Crippen molar-refractivity contribution in [2.24, 2.45) is 47.3 Å². The first-order chi connectivity index (χ1) is 21.2. The van der Waals surface area contributed by atoms with Gasteiger partial charge in [-0.3, -0.25) is 0 Å². The van der Waals surface area contributed by atoms with Crippen molar-refractivity contribution in [3.63, 3.8) is 0 Å². The standard InChI is InChI=1S/C41H38O2/c1-3-25-19-26(4-2)40-34-22-33(39(25)40)35-23-41(24-36(34)35)37-20-29(42-27-11-7-5-8-12-27)15-17-31(37)32-18-16-30(21-38(32)41)43-28-13-9-6-10-14-28/h3-18,20-21,25-26,33-36,39-40H,1-2,19,22-24H2. The summed E-state index contributed by atoms with van der Waals surface area (Å²) >= 11 is 0. The molecule has 0 saturated heterocycles. The Labute approximate surface area is 255 Å². The minimum Gasteiger partial charge on any atom is -0.457 e. The quantitative estimate of drug-likeness (QED) is 0.218. The third kappa shape index (κ3) is 3.65. The van der Waals surface area contributed by atoms with Gasteiger partial charge in [-0.1, -0.05) is 60.7 Å². The van der Waals surface area contributed by atoms with Crippen LogP contribution in [0, 0.1) is 47.3 Å². The van der Waals surface area contributed by atoms with Crippen molar-refractivity contribution in [1.29, 1.82) is 0 Å². The topological polar surface area (TPSA) is 18.5 Å². The largest absolute Gasteiger partial charge is 0.457 e. The predicted molar refractivity (Wildman–Crippen MR) is 172 cm³/mol. The van der Waals surface area contributed by atoms with Crippen LogP contribution < -0.4 is 9.47 Å². The van der Waals surface area contributed by atoms with Crippen LogP contribution in [0.1, 0.15) is 36.8 Å². The summed E-state index contributed by atoms with van der Waals surface area (Å²) in [5.74, 6) is 9.56. The lowest BCUT2D eigenvalue weighted by atomic mass is 9.67. The van der Waals surface area contributed by atoms with Gasteiger partial charge in [0.05, 0.1) is 0 Å². The Bertz CT molecular complexity index is 1590. The fraction of sp³-hybridized carbons (Fsp3) is 0.317. The van der Waals surface area contributed by atoms with E-state index in [1.54, 1.807) is 0 Å². The van der Waals surface area contributed by atoms with Crippen LogP contribution in [-0.4, -0.2) is 0 Å². The van der Waals surface area contributed by atoms with Crippen LogP contribution in [-0.2, 0) is 5.41 Å². The van der Waals surface area contributed by atoms with E-state index in [1.165, 1.54) is 47.9 Å². The van der Waals surface area contributed by atoms with E-state index >= 15 is 0 Å². The van der Waals surface area contributed by atoms with Crippen LogP contribution in [0.2, 0.25) is 0 Å². The average molecular weight is 563 g/mol. The first-order valence-electron chi connectivity index (χ1n) is 16.2. The van der Waals surface area contributed by atoms with Crippen molar-refractivity contribution < 1.29 is 9.47 Å².